The van der Waals surface area contributed by atoms with Crippen LogP contribution in [0.15, 0.2) is 47.7 Å². The Morgan fingerprint density at radius 1 is 1.07 bits per heavy atom. The van der Waals surface area contributed by atoms with Crippen molar-refractivity contribution in [3.05, 3.63) is 58.9 Å². The quantitative estimate of drug-likeness (QED) is 0.564. The van der Waals surface area contributed by atoms with Gasteiger partial charge in [-0.1, -0.05) is 0 Å². The Morgan fingerprint density at radius 2 is 1.86 bits per heavy atom. The first-order valence-electron chi connectivity index (χ1n) is 9.83. The third-order valence-electron chi connectivity index (χ3n) is 5.30. The number of fused-ring (bicyclic) bond motifs is 2. The molecule has 5 heterocycles. The van der Waals surface area contributed by atoms with E-state index in [4.69, 9.17) is 0 Å². The second-order valence-electron chi connectivity index (χ2n) is 7.90. The van der Waals surface area contributed by atoms with Crippen LogP contribution < -0.4 is 15.8 Å². The average molecular weight is 389 g/mol. The number of hydrogen-bond acceptors (Lipinski definition) is 6. The van der Waals surface area contributed by atoms with E-state index in [1.54, 1.807) is 21.2 Å². The number of pyridine rings is 1. The van der Waals surface area contributed by atoms with Gasteiger partial charge in [-0.2, -0.15) is 5.10 Å². The maximum absolute atomic E-state index is 12.9. The van der Waals surface area contributed by atoms with Crippen LogP contribution in [0.5, 0.6) is 0 Å². The number of rotatable bonds is 2. The van der Waals surface area contributed by atoms with E-state index < -0.39 is 0 Å². The van der Waals surface area contributed by atoms with Gasteiger partial charge in [0.15, 0.2) is 0 Å². The Bertz CT molecular complexity index is 1270. The van der Waals surface area contributed by atoms with Crippen molar-refractivity contribution in [2.45, 2.75) is 32.9 Å². The summed E-state index contributed by atoms with van der Waals surface area (Å²) in [6.07, 6.45) is 5.51. The van der Waals surface area contributed by atoms with E-state index in [9.17, 15) is 4.79 Å². The van der Waals surface area contributed by atoms with Crippen molar-refractivity contribution in [1.82, 2.24) is 29.3 Å². The molecule has 0 spiro atoms. The second kappa shape index (κ2) is 6.66. The van der Waals surface area contributed by atoms with Crippen LogP contribution in [0.3, 0.4) is 0 Å². The standard InChI is InChI=1S/C21H23N7O/c1-13-11-28-17(8-22-13)6-19(25-28)18-7-21(29)27-12-16(4-5-20(27)24-18)26-9-14(2)23-15(3)10-26/h4-8,11-12,14-15,23H,9-10H2,1-3H3. The molecule has 0 radical (unpaired) electrons. The van der Waals surface area contributed by atoms with Crippen molar-refractivity contribution in [2.75, 3.05) is 18.0 Å². The highest BCUT2D eigenvalue weighted by molar-refractivity contribution is 5.64. The summed E-state index contributed by atoms with van der Waals surface area (Å²) < 4.78 is 3.37. The lowest BCUT2D eigenvalue weighted by molar-refractivity contribution is 0.407. The fourth-order valence-electron chi connectivity index (χ4n) is 4.06. The van der Waals surface area contributed by atoms with Crippen molar-refractivity contribution in [1.29, 1.82) is 0 Å². The molecule has 2 atom stereocenters. The van der Waals surface area contributed by atoms with Gasteiger partial charge in [0, 0.05) is 37.4 Å². The summed E-state index contributed by atoms with van der Waals surface area (Å²) in [6, 6.07) is 8.18. The summed E-state index contributed by atoms with van der Waals surface area (Å²) in [5.74, 6) is 0. The minimum atomic E-state index is -0.116. The number of aryl methyl sites for hydroxylation is 1. The van der Waals surface area contributed by atoms with E-state index in [0.29, 0.717) is 29.1 Å². The van der Waals surface area contributed by atoms with Gasteiger partial charge in [0.2, 0.25) is 0 Å². The van der Waals surface area contributed by atoms with Crippen molar-refractivity contribution in [2.24, 2.45) is 0 Å². The predicted molar refractivity (Wildman–Crippen MR) is 112 cm³/mol. The highest BCUT2D eigenvalue weighted by atomic mass is 16.1. The summed E-state index contributed by atoms with van der Waals surface area (Å²) in [5, 5.41) is 8.08. The van der Waals surface area contributed by atoms with Crippen LogP contribution >= 0.6 is 0 Å². The normalized spacial score (nSPS) is 19.9. The Hall–Kier alpha value is -3.26. The summed E-state index contributed by atoms with van der Waals surface area (Å²) >= 11 is 0. The Kier molecular flexibility index (Phi) is 4.09. The monoisotopic (exact) mass is 389 g/mol. The molecular weight excluding hydrogens is 366 g/mol. The fourth-order valence-corrected chi connectivity index (χ4v) is 4.06. The van der Waals surface area contributed by atoms with E-state index in [1.165, 1.54) is 0 Å². The Labute approximate surface area is 167 Å². The number of hydrogen-bond donors (Lipinski definition) is 1. The molecule has 0 saturated carbocycles. The van der Waals surface area contributed by atoms with Crippen LogP contribution in [-0.2, 0) is 0 Å². The largest absolute Gasteiger partial charge is 0.367 e. The average Bonchev–Trinajstić information content (AvgIpc) is 3.10. The number of piperazine rings is 1. The van der Waals surface area contributed by atoms with Crippen LogP contribution in [0.2, 0.25) is 0 Å². The predicted octanol–water partition coefficient (Wildman–Crippen LogP) is 1.90. The molecule has 1 aliphatic heterocycles. The molecule has 148 valence electrons. The highest BCUT2D eigenvalue weighted by Gasteiger charge is 2.21. The van der Waals surface area contributed by atoms with Gasteiger partial charge in [-0.3, -0.25) is 14.2 Å². The molecule has 29 heavy (non-hydrogen) atoms. The molecule has 8 heteroatoms. The Morgan fingerprint density at radius 3 is 2.66 bits per heavy atom. The molecule has 2 unspecified atom stereocenters. The van der Waals surface area contributed by atoms with E-state index in [-0.39, 0.29) is 5.56 Å². The number of anilines is 1. The van der Waals surface area contributed by atoms with Crippen LogP contribution in [0.4, 0.5) is 5.69 Å². The highest BCUT2D eigenvalue weighted by Crippen LogP contribution is 2.20. The van der Waals surface area contributed by atoms with Crippen molar-refractivity contribution < 1.29 is 0 Å². The number of nitrogens with zero attached hydrogens (tertiary/aromatic N) is 6. The maximum atomic E-state index is 12.9. The smallest absolute Gasteiger partial charge is 0.258 e. The molecule has 0 bridgehead atoms. The van der Waals surface area contributed by atoms with Gasteiger partial charge >= 0.3 is 0 Å². The summed E-state index contributed by atoms with van der Waals surface area (Å²) in [4.78, 5) is 24.1. The number of aromatic nitrogens is 5. The van der Waals surface area contributed by atoms with Crippen LogP contribution in [0.1, 0.15) is 19.5 Å². The fraction of sp³-hybridized carbons (Fsp3) is 0.333. The molecule has 1 saturated heterocycles. The summed E-state index contributed by atoms with van der Waals surface area (Å²) in [5.41, 5.74) is 4.49. The van der Waals surface area contributed by atoms with Gasteiger partial charge in [0.05, 0.1) is 35.0 Å². The third kappa shape index (κ3) is 3.25. The molecule has 1 fully saturated rings. The van der Waals surface area contributed by atoms with Gasteiger partial charge in [0.25, 0.3) is 5.56 Å². The number of nitrogens with one attached hydrogen (secondary N) is 1. The zero-order chi connectivity index (χ0) is 20.1. The summed E-state index contributed by atoms with van der Waals surface area (Å²) in [7, 11) is 0. The molecule has 1 N–H and O–H groups in total. The van der Waals surface area contributed by atoms with Crippen molar-refractivity contribution in [3.63, 3.8) is 0 Å². The molecular formula is C21H23N7O. The third-order valence-corrected chi connectivity index (χ3v) is 5.30. The lowest BCUT2D eigenvalue weighted by Crippen LogP contribution is -2.54. The molecule has 4 aromatic rings. The van der Waals surface area contributed by atoms with E-state index in [2.05, 4.69) is 39.1 Å². The van der Waals surface area contributed by atoms with Gasteiger partial charge in [-0.05, 0) is 39.0 Å². The lowest BCUT2D eigenvalue weighted by atomic mass is 10.1. The molecule has 1 aliphatic rings. The molecule has 0 aromatic carbocycles. The maximum Gasteiger partial charge on any atom is 0.258 e. The van der Waals surface area contributed by atoms with Crippen molar-refractivity contribution >= 4 is 16.9 Å². The zero-order valence-corrected chi connectivity index (χ0v) is 16.7. The van der Waals surface area contributed by atoms with Crippen LogP contribution in [-0.4, -0.2) is 49.2 Å². The summed E-state index contributed by atoms with van der Waals surface area (Å²) in [6.45, 7) is 8.08. The molecule has 8 nitrogen and oxygen atoms in total. The van der Waals surface area contributed by atoms with Gasteiger partial charge in [0.1, 0.15) is 11.3 Å². The van der Waals surface area contributed by atoms with E-state index in [1.807, 2.05) is 37.5 Å². The van der Waals surface area contributed by atoms with Gasteiger partial charge in [-0.15, -0.1) is 0 Å². The second-order valence-corrected chi connectivity index (χ2v) is 7.90. The first kappa shape index (κ1) is 17.8. The van der Waals surface area contributed by atoms with E-state index >= 15 is 0 Å². The van der Waals surface area contributed by atoms with Gasteiger partial charge < -0.3 is 10.2 Å². The van der Waals surface area contributed by atoms with E-state index in [0.717, 1.165) is 30.0 Å². The first-order chi connectivity index (χ1) is 14.0. The first-order valence-corrected chi connectivity index (χ1v) is 9.83. The lowest BCUT2D eigenvalue weighted by Gasteiger charge is -2.37. The van der Waals surface area contributed by atoms with Gasteiger partial charge in [-0.25, -0.2) is 9.50 Å². The van der Waals surface area contributed by atoms with Crippen LogP contribution in [0.25, 0.3) is 22.6 Å². The minimum absolute atomic E-state index is 0.116. The Balaban J connectivity index is 1.55. The SMILES string of the molecule is Cc1cn2nc(-c3cc(=O)n4cc(N5CC(C)NC(C)C5)ccc4n3)cc2cn1. The van der Waals surface area contributed by atoms with Crippen molar-refractivity contribution in [3.8, 4) is 11.4 Å². The zero-order valence-electron chi connectivity index (χ0n) is 16.7. The molecule has 4 aromatic heterocycles. The molecule has 5 rings (SSSR count). The molecule has 0 amide bonds. The minimum Gasteiger partial charge on any atom is -0.367 e. The van der Waals surface area contributed by atoms with Crippen LogP contribution in [0, 0.1) is 6.92 Å². The topological polar surface area (TPSA) is 79.8 Å². The molecule has 0 aliphatic carbocycles.